The number of rotatable bonds is 16. The van der Waals surface area contributed by atoms with Crippen LogP contribution >= 0.6 is 0 Å². The summed E-state index contributed by atoms with van der Waals surface area (Å²) in [4.78, 5) is 25.4. The van der Waals surface area contributed by atoms with E-state index in [1.165, 1.54) is 0 Å². The van der Waals surface area contributed by atoms with Gasteiger partial charge in [-0.1, -0.05) is 55.2 Å². The van der Waals surface area contributed by atoms with Crippen LogP contribution in [-0.2, 0) is 23.2 Å². The van der Waals surface area contributed by atoms with E-state index in [9.17, 15) is 9.59 Å². The highest BCUT2D eigenvalue weighted by atomic mass is 28.4. The number of amides is 1. The molecule has 0 radical (unpaired) electrons. The second-order valence-corrected chi connectivity index (χ2v) is 16.1. The van der Waals surface area contributed by atoms with Crippen LogP contribution in [0.4, 0.5) is 0 Å². The minimum Gasteiger partial charge on any atom is -0.462 e. The Hall–Kier alpha value is -2.01. The molecule has 6 nitrogen and oxygen atoms in total. The van der Waals surface area contributed by atoms with Crippen molar-refractivity contribution in [3.05, 3.63) is 60.8 Å². The smallest absolute Gasteiger partial charge is 0.333 e. The van der Waals surface area contributed by atoms with Gasteiger partial charge in [0, 0.05) is 31.7 Å². The normalized spacial score (nSPS) is 23.0. The van der Waals surface area contributed by atoms with Crippen LogP contribution in [0.25, 0.3) is 0 Å². The van der Waals surface area contributed by atoms with Gasteiger partial charge in [0.2, 0.25) is 5.91 Å². The molecule has 1 aliphatic heterocycles. The molecule has 2 aliphatic carbocycles. The van der Waals surface area contributed by atoms with E-state index in [1.807, 2.05) is 4.90 Å². The number of ether oxygens (including phenoxy) is 2. The second-order valence-electron chi connectivity index (χ2n) is 9.94. The molecule has 0 aromatic heterocycles. The Kier molecular flexibility index (Phi) is 12.1. The lowest BCUT2D eigenvalue weighted by molar-refractivity contribution is -0.139. The Labute approximate surface area is 220 Å². The van der Waals surface area contributed by atoms with E-state index < -0.39 is 18.1 Å². The van der Waals surface area contributed by atoms with Crippen LogP contribution in [-0.4, -0.2) is 67.8 Å². The van der Waals surface area contributed by atoms with Crippen molar-refractivity contribution in [2.75, 3.05) is 32.9 Å². The summed E-state index contributed by atoms with van der Waals surface area (Å²) in [5.41, 5.74) is 1.36. The quantitative estimate of drug-likeness (QED) is 0.125. The number of likely N-dealkylation sites (tertiary alicyclic amines) is 1. The van der Waals surface area contributed by atoms with E-state index in [4.69, 9.17) is 13.6 Å². The van der Waals surface area contributed by atoms with Crippen LogP contribution in [0.2, 0.25) is 23.2 Å². The molecule has 0 spiro atoms. The summed E-state index contributed by atoms with van der Waals surface area (Å²) in [5, 5.41) is 0. The first-order valence-corrected chi connectivity index (χ1v) is 17.4. The monoisotopic (exact) mass is 529 g/mol. The zero-order valence-corrected chi connectivity index (χ0v) is 24.3. The topological polar surface area (TPSA) is 65.1 Å². The Morgan fingerprint density at radius 1 is 1.08 bits per heavy atom. The SMILES string of the molecule is C=C(C)C(=O)OCCC[SiH2]O[Si](CCCOCCN1CCCC1=O)(C1C=CC=CC1)C1C=CC=CC1. The van der Waals surface area contributed by atoms with Crippen molar-refractivity contribution in [3.63, 3.8) is 0 Å². The van der Waals surface area contributed by atoms with Crippen molar-refractivity contribution in [1.29, 1.82) is 0 Å². The van der Waals surface area contributed by atoms with Crippen molar-refractivity contribution < 1.29 is 23.2 Å². The molecule has 0 aromatic carbocycles. The molecule has 1 heterocycles. The molecule has 2 atom stereocenters. The zero-order valence-electron chi connectivity index (χ0n) is 21.9. The van der Waals surface area contributed by atoms with Gasteiger partial charge in [0.25, 0.3) is 0 Å². The summed E-state index contributed by atoms with van der Waals surface area (Å²) < 4.78 is 18.4. The van der Waals surface area contributed by atoms with Crippen molar-refractivity contribution in [2.24, 2.45) is 0 Å². The number of nitrogens with zero attached hydrogens (tertiary/aromatic N) is 1. The van der Waals surface area contributed by atoms with Crippen LogP contribution in [0, 0.1) is 0 Å². The molecule has 1 saturated heterocycles. The summed E-state index contributed by atoms with van der Waals surface area (Å²) >= 11 is 0. The van der Waals surface area contributed by atoms with E-state index in [2.05, 4.69) is 55.2 Å². The molecular formula is C28H43NO5Si2. The molecule has 1 amide bonds. The molecule has 8 heteroatoms. The van der Waals surface area contributed by atoms with Gasteiger partial charge in [0.05, 0.1) is 13.2 Å². The molecule has 36 heavy (non-hydrogen) atoms. The average Bonchev–Trinajstić information content (AvgIpc) is 3.32. The predicted octanol–water partition coefficient (Wildman–Crippen LogP) is 4.76. The van der Waals surface area contributed by atoms with Gasteiger partial charge in [-0.25, -0.2) is 4.79 Å². The molecular weight excluding hydrogens is 486 g/mol. The standard InChI is InChI=1S/C28H43NO5Si2/c1-24(2)28(31)33-20-10-22-35-34-36(25-12-5-3-6-13-25,26-14-7-4-8-15-26)23-11-19-32-21-18-29-17-9-16-27(29)30/h3-8,12,14,25-26H,1,9-11,13,15-23,35H2,2H3. The summed E-state index contributed by atoms with van der Waals surface area (Å²) in [7, 11) is -2.93. The fourth-order valence-corrected chi connectivity index (χ4v) is 14.0. The molecule has 0 bridgehead atoms. The van der Waals surface area contributed by atoms with Crippen LogP contribution in [0.5, 0.6) is 0 Å². The largest absolute Gasteiger partial charge is 0.462 e. The number of carbonyl (C=O) groups is 2. The lowest BCUT2D eigenvalue weighted by atomic mass is 10.2. The first-order valence-electron chi connectivity index (χ1n) is 13.5. The molecule has 0 aromatic rings. The Morgan fingerprint density at radius 2 is 1.81 bits per heavy atom. The molecule has 2 unspecified atom stereocenters. The Morgan fingerprint density at radius 3 is 2.39 bits per heavy atom. The van der Waals surface area contributed by atoms with Crippen LogP contribution in [0.3, 0.4) is 0 Å². The molecule has 198 valence electrons. The van der Waals surface area contributed by atoms with Crippen LogP contribution in [0.15, 0.2) is 60.8 Å². The summed E-state index contributed by atoms with van der Waals surface area (Å²) in [6, 6.07) is 2.07. The molecule has 1 fully saturated rings. The highest BCUT2D eigenvalue weighted by molar-refractivity contribution is 6.81. The van der Waals surface area contributed by atoms with Gasteiger partial charge in [0.15, 0.2) is 8.32 Å². The van der Waals surface area contributed by atoms with E-state index in [1.54, 1.807) is 6.92 Å². The molecule has 0 N–H and O–H groups in total. The van der Waals surface area contributed by atoms with Crippen LogP contribution in [0.1, 0.15) is 45.4 Å². The minimum atomic E-state index is -2.17. The molecule has 3 aliphatic rings. The average molecular weight is 530 g/mol. The third kappa shape index (κ3) is 8.54. The summed E-state index contributed by atoms with van der Waals surface area (Å²) in [6.07, 6.45) is 23.5. The summed E-state index contributed by atoms with van der Waals surface area (Å²) in [5.74, 6) is -0.0549. The number of hydrogen-bond acceptors (Lipinski definition) is 5. The maximum absolute atomic E-state index is 11.8. The highest BCUT2D eigenvalue weighted by Gasteiger charge is 2.46. The van der Waals surface area contributed by atoms with Crippen molar-refractivity contribution in [1.82, 2.24) is 4.90 Å². The lowest BCUT2D eigenvalue weighted by Crippen LogP contribution is -2.48. The third-order valence-corrected chi connectivity index (χ3v) is 15.5. The number of carbonyl (C=O) groups excluding carboxylic acids is 2. The number of allylic oxidation sites excluding steroid dienone is 8. The molecule has 0 saturated carbocycles. The maximum atomic E-state index is 11.8. The lowest BCUT2D eigenvalue weighted by Gasteiger charge is -2.43. The number of esters is 1. The van der Waals surface area contributed by atoms with Gasteiger partial charge in [-0.05, 0) is 62.2 Å². The van der Waals surface area contributed by atoms with E-state index in [0.29, 0.717) is 49.4 Å². The van der Waals surface area contributed by atoms with E-state index in [-0.39, 0.29) is 11.9 Å². The second kappa shape index (κ2) is 15.3. The van der Waals surface area contributed by atoms with E-state index in [0.717, 1.165) is 50.7 Å². The van der Waals surface area contributed by atoms with Crippen LogP contribution < -0.4 is 0 Å². The maximum Gasteiger partial charge on any atom is 0.333 e. The third-order valence-electron chi connectivity index (χ3n) is 7.24. The van der Waals surface area contributed by atoms with Gasteiger partial charge >= 0.3 is 5.97 Å². The zero-order chi connectivity index (χ0) is 25.6. The van der Waals surface area contributed by atoms with Crippen molar-refractivity contribution >= 4 is 30.0 Å². The van der Waals surface area contributed by atoms with Gasteiger partial charge in [-0.2, -0.15) is 0 Å². The van der Waals surface area contributed by atoms with Gasteiger partial charge < -0.3 is 18.5 Å². The first kappa shape index (κ1) is 28.6. The van der Waals surface area contributed by atoms with Gasteiger partial charge in [-0.3, -0.25) is 4.79 Å². The summed E-state index contributed by atoms with van der Waals surface area (Å²) in [6.45, 7) is 8.63. The van der Waals surface area contributed by atoms with Gasteiger partial charge in [0.1, 0.15) is 9.76 Å². The Balaban J connectivity index is 1.55. The van der Waals surface area contributed by atoms with Crippen molar-refractivity contribution in [3.8, 4) is 0 Å². The minimum absolute atomic E-state index is 0.257. The highest BCUT2D eigenvalue weighted by Crippen LogP contribution is 2.46. The predicted molar refractivity (Wildman–Crippen MR) is 150 cm³/mol. The number of hydrogen-bond donors (Lipinski definition) is 0. The van der Waals surface area contributed by atoms with E-state index >= 15 is 0 Å². The Bertz CT molecular complexity index is 836. The van der Waals surface area contributed by atoms with Crippen molar-refractivity contribution in [2.45, 2.75) is 68.6 Å². The van der Waals surface area contributed by atoms with Gasteiger partial charge in [-0.15, -0.1) is 0 Å². The fraction of sp³-hybridized carbons (Fsp3) is 0.571. The fourth-order valence-electron chi connectivity index (χ4n) is 5.24. The first-order chi connectivity index (χ1) is 17.5. The molecule has 3 rings (SSSR count).